The topological polar surface area (TPSA) is 76.5 Å². The van der Waals surface area contributed by atoms with E-state index >= 15 is 0 Å². The van der Waals surface area contributed by atoms with Crippen LogP contribution in [0, 0.1) is 0 Å². The lowest BCUT2D eigenvalue weighted by Gasteiger charge is -2.01. The number of carboxylic acids is 1. The molecular weight excluding hydrogens is 234 g/mol. The second kappa shape index (κ2) is 10.3. The van der Waals surface area contributed by atoms with Gasteiger partial charge in [-0.05, 0) is 12.1 Å². The number of hydrogen-bond acceptors (Lipinski definition) is 4. The second-order valence-electron chi connectivity index (χ2n) is 3.55. The molecule has 0 saturated carbocycles. The Morgan fingerprint density at radius 3 is 2.39 bits per heavy atom. The molecule has 0 bridgehead atoms. The van der Waals surface area contributed by atoms with Gasteiger partial charge in [-0.15, -0.1) is 0 Å². The molecule has 18 heavy (non-hydrogen) atoms. The number of pyridine rings is 1. The number of carbonyl (C=O) groups excluding carboxylic acids is 1. The lowest BCUT2D eigenvalue weighted by molar-refractivity contribution is -0.152. The summed E-state index contributed by atoms with van der Waals surface area (Å²) < 4.78 is 4.66. The highest BCUT2D eigenvalue weighted by atomic mass is 16.5. The van der Waals surface area contributed by atoms with Crippen molar-refractivity contribution in [2.45, 2.75) is 39.7 Å². The molecule has 100 valence electrons. The molecule has 0 atom stereocenters. The summed E-state index contributed by atoms with van der Waals surface area (Å²) >= 11 is 0. The van der Waals surface area contributed by atoms with E-state index in [-0.39, 0.29) is 6.61 Å². The molecule has 0 fully saturated rings. The summed E-state index contributed by atoms with van der Waals surface area (Å²) in [4.78, 5) is 24.8. The molecule has 0 spiro atoms. The number of esters is 1. The quantitative estimate of drug-likeness (QED) is 0.644. The van der Waals surface area contributed by atoms with Crippen molar-refractivity contribution in [1.29, 1.82) is 0 Å². The molecule has 1 heterocycles. The zero-order valence-corrected chi connectivity index (χ0v) is 10.8. The van der Waals surface area contributed by atoms with Crippen LogP contribution in [-0.2, 0) is 20.9 Å². The van der Waals surface area contributed by atoms with Crippen LogP contribution in [0.2, 0.25) is 0 Å². The average molecular weight is 253 g/mol. The Labute approximate surface area is 107 Å². The Hall–Kier alpha value is -1.91. The Balaban J connectivity index is 0.000000631. The standard InChI is InChI=1S/C9H9NO4.C4H10/c11-8(12)5-9(13)14-6-7-3-1-2-4-10-7;1-3-4-2/h1-4H,5-6H2,(H,11,12);3-4H2,1-2H3. The van der Waals surface area contributed by atoms with Crippen LogP contribution >= 0.6 is 0 Å². The summed E-state index contributed by atoms with van der Waals surface area (Å²) in [5.41, 5.74) is 0.589. The van der Waals surface area contributed by atoms with Crippen LogP contribution in [0.5, 0.6) is 0 Å². The fourth-order valence-corrected chi connectivity index (χ4v) is 0.812. The molecule has 1 N–H and O–H groups in total. The third-order valence-electron chi connectivity index (χ3n) is 1.90. The zero-order valence-electron chi connectivity index (χ0n) is 10.8. The van der Waals surface area contributed by atoms with E-state index in [0.29, 0.717) is 5.69 Å². The van der Waals surface area contributed by atoms with Crippen LogP contribution in [0.25, 0.3) is 0 Å². The number of aromatic nitrogens is 1. The highest BCUT2D eigenvalue weighted by Crippen LogP contribution is 1.97. The fraction of sp³-hybridized carbons (Fsp3) is 0.462. The molecule has 5 heteroatoms. The SMILES string of the molecule is CCCC.O=C(O)CC(=O)OCc1ccccn1. The van der Waals surface area contributed by atoms with Gasteiger partial charge in [0.25, 0.3) is 0 Å². The van der Waals surface area contributed by atoms with Gasteiger partial charge >= 0.3 is 11.9 Å². The van der Waals surface area contributed by atoms with Crippen molar-refractivity contribution in [3.05, 3.63) is 30.1 Å². The van der Waals surface area contributed by atoms with E-state index in [9.17, 15) is 9.59 Å². The molecule has 1 aromatic heterocycles. The van der Waals surface area contributed by atoms with Gasteiger partial charge in [-0.1, -0.05) is 32.8 Å². The van der Waals surface area contributed by atoms with E-state index in [2.05, 4.69) is 23.6 Å². The van der Waals surface area contributed by atoms with E-state index < -0.39 is 18.4 Å². The first-order chi connectivity index (χ1) is 8.60. The highest BCUT2D eigenvalue weighted by molar-refractivity contribution is 5.90. The summed E-state index contributed by atoms with van der Waals surface area (Å²) in [6.45, 7) is 4.37. The van der Waals surface area contributed by atoms with Gasteiger partial charge in [0.05, 0.1) is 5.69 Å². The van der Waals surface area contributed by atoms with Gasteiger partial charge in [-0.2, -0.15) is 0 Å². The van der Waals surface area contributed by atoms with Crippen molar-refractivity contribution >= 4 is 11.9 Å². The highest BCUT2D eigenvalue weighted by Gasteiger charge is 2.08. The minimum absolute atomic E-state index is 0.00690. The van der Waals surface area contributed by atoms with Crippen LogP contribution in [0.1, 0.15) is 38.8 Å². The Morgan fingerprint density at radius 2 is 1.94 bits per heavy atom. The molecule has 1 rings (SSSR count). The molecule has 5 nitrogen and oxygen atoms in total. The second-order valence-corrected chi connectivity index (χ2v) is 3.55. The molecule has 0 aromatic carbocycles. The van der Waals surface area contributed by atoms with Gasteiger partial charge in [0.2, 0.25) is 0 Å². The van der Waals surface area contributed by atoms with Crippen molar-refractivity contribution < 1.29 is 19.4 Å². The van der Waals surface area contributed by atoms with E-state index in [4.69, 9.17) is 5.11 Å². The monoisotopic (exact) mass is 253 g/mol. The van der Waals surface area contributed by atoms with Gasteiger partial charge in [-0.25, -0.2) is 0 Å². The number of hydrogen-bond donors (Lipinski definition) is 1. The maximum atomic E-state index is 10.8. The van der Waals surface area contributed by atoms with Crippen molar-refractivity contribution in [3.63, 3.8) is 0 Å². The van der Waals surface area contributed by atoms with Crippen LogP contribution in [0.15, 0.2) is 24.4 Å². The number of unbranched alkanes of at least 4 members (excludes halogenated alkanes) is 1. The first-order valence-corrected chi connectivity index (χ1v) is 5.87. The molecule has 0 aliphatic carbocycles. The molecular formula is C13H19NO4. The van der Waals surface area contributed by atoms with Gasteiger partial charge < -0.3 is 9.84 Å². The molecule has 0 aliphatic heterocycles. The van der Waals surface area contributed by atoms with Crippen molar-refractivity contribution in [1.82, 2.24) is 4.98 Å². The number of rotatable bonds is 5. The predicted molar refractivity (Wildman–Crippen MR) is 66.9 cm³/mol. The van der Waals surface area contributed by atoms with E-state index in [1.807, 2.05) is 0 Å². The molecule has 0 saturated heterocycles. The molecule has 1 aromatic rings. The third kappa shape index (κ3) is 9.33. The number of ether oxygens (including phenoxy) is 1. The van der Waals surface area contributed by atoms with Gasteiger partial charge in [0.15, 0.2) is 0 Å². The first kappa shape index (κ1) is 16.1. The summed E-state index contributed by atoms with van der Waals surface area (Å²) in [5, 5.41) is 8.26. The van der Waals surface area contributed by atoms with Crippen molar-refractivity contribution in [2.75, 3.05) is 0 Å². The predicted octanol–water partition coefficient (Wildman–Crippen LogP) is 2.41. The van der Waals surface area contributed by atoms with Crippen molar-refractivity contribution in [2.24, 2.45) is 0 Å². The van der Waals surface area contributed by atoms with Crippen LogP contribution in [0.3, 0.4) is 0 Å². The van der Waals surface area contributed by atoms with Crippen LogP contribution in [0.4, 0.5) is 0 Å². The molecule has 0 amide bonds. The van der Waals surface area contributed by atoms with Gasteiger partial charge in [-0.3, -0.25) is 14.6 Å². The normalized spacial score (nSPS) is 9.00. The van der Waals surface area contributed by atoms with Crippen LogP contribution in [-0.4, -0.2) is 22.0 Å². The maximum Gasteiger partial charge on any atom is 0.317 e. The lowest BCUT2D eigenvalue weighted by atomic mass is 10.4. The van der Waals surface area contributed by atoms with Gasteiger partial charge in [0.1, 0.15) is 13.0 Å². The van der Waals surface area contributed by atoms with E-state index in [1.54, 1.807) is 24.4 Å². The summed E-state index contributed by atoms with van der Waals surface area (Å²) in [6, 6.07) is 5.18. The van der Waals surface area contributed by atoms with Gasteiger partial charge in [0, 0.05) is 6.20 Å². The number of carbonyl (C=O) groups is 2. The molecule has 0 radical (unpaired) electrons. The summed E-state index contributed by atoms with van der Waals surface area (Å²) in [6.07, 6.45) is 3.59. The maximum absolute atomic E-state index is 10.8. The molecule has 0 unspecified atom stereocenters. The summed E-state index contributed by atoms with van der Waals surface area (Å²) in [7, 11) is 0. The zero-order chi connectivity index (χ0) is 13.8. The number of nitrogens with zero attached hydrogens (tertiary/aromatic N) is 1. The lowest BCUT2D eigenvalue weighted by Crippen LogP contribution is -2.10. The Bertz CT molecular complexity index is 349. The summed E-state index contributed by atoms with van der Waals surface area (Å²) in [5.74, 6) is -1.96. The van der Waals surface area contributed by atoms with E-state index in [1.165, 1.54) is 12.8 Å². The fourth-order valence-electron chi connectivity index (χ4n) is 0.812. The molecule has 0 aliphatic rings. The Kier molecular flexibility index (Phi) is 9.17. The largest absolute Gasteiger partial charge is 0.481 e. The first-order valence-electron chi connectivity index (χ1n) is 5.87. The Morgan fingerprint density at radius 1 is 1.28 bits per heavy atom. The number of carboxylic acid groups (broad SMARTS) is 1. The van der Waals surface area contributed by atoms with Crippen LogP contribution < -0.4 is 0 Å². The minimum atomic E-state index is -1.20. The smallest absolute Gasteiger partial charge is 0.317 e. The van der Waals surface area contributed by atoms with E-state index in [0.717, 1.165) is 0 Å². The minimum Gasteiger partial charge on any atom is -0.481 e. The number of aliphatic carboxylic acids is 1. The average Bonchev–Trinajstić information content (AvgIpc) is 2.37. The van der Waals surface area contributed by atoms with Crippen molar-refractivity contribution in [3.8, 4) is 0 Å². The third-order valence-corrected chi connectivity index (χ3v) is 1.90.